The molecule has 0 aliphatic rings. The van der Waals surface area contributed by atoms with Gasteiger partial charge >= 0.3 is 6.03 Å². The van der Waals surface area contributed by atoms with Crippen molar-refractivity contribution in [2.45, 2.75) is 12.8 Å². The maximum atomic E-state index is 11.8. The Morgan fingerprint density at radius 1 is 1.04 bits per heavy atom. The van der Waals surface area contributed by atoms with Crippen LogP contribution in [0.4, 0.5) is 16.2 Å². The van der Waals surface area contributed by atoms with Gasteiger partial charge < -0.3 is 15.5 Å². The summed E-state index contributed by atoms with van der Waals surface area (Å²) in [6.07, 6.45) is 1.79. The minimum atomic E-state index is -0.253. The molecule has 128 valence electrons. The Morgan fingerprint density at radius 3 is 2.38 bits per heavy atom. The van der Waals surface area contributed by atoms with Gasteiger partial charge in [-0.1, -0.05) is 35.3 Å². The Labute approximate surface area is 152 Å². The predicted molar refractivity (Wildman–Crippen MR) is 103 cm³/mol. The van der Waals surface area contributed by atoms with Crippen molar-refractivity contribution >= 4 is 40.6 Å². The topological polar surface area (TPSA) is 44.4 Å². The summed E-state index contributed by atoms with van der Waals surface area (Å²) in [5, 5.41) is 6.43. The first-order valence-corrected chi connectivity index (χ1v) is 8.47. The summed E-state index contributed by atoms with van der Waals surface area (Å²) < 4.78 is 0. The molecule has 0 saturated heterocycles. The van der Waals surface area contributed by atoms with Crippen LogP contribution < -0.4 is 15.5 Å². The van der Waals surface area contributed by atoms with Crippen LogP contribution in [0.5, 0.6) is 0 Å². The molecule has 0 radical (unpaired) electrons. The van der Waals surface area contributed by atoms with Gasteiger partial charge in [-0.2, -0.15) is 0 Å². The molecule has 0 fully saturated rings. The van der Waals surface area contributed by atoms with E-state index < -0.39 is 0 Å². The first-order chi connectivity index (χ1) is 11.5. The maximum Gasteiger partial charge on any atom is 0.319 e. The summed E-state index contributed by atoms with van der Waals surface area (Å²) in [4.78, 5) is 13.9. The Morgan fingerprint density at radius 2 is 1.75 bits per heavy atom. The standard InChI is InChI=1S/C18H21Cl2N3O/c1-23(2)15-8-5-13(6-9-15)4-3-11-21-18(24)22-14-7-10-16(19)17(20)12-14/h5-10,12H,3-4,11H2,1-2H3,(H2,21,22,24). The average Bonchev–Trinajstić information content (AvgIpc) is 2.55. The van der Waals surface area contributed by atoms with Crippen LogP contribution in [0.25, 0.3) is 0 Å². The third-order valence-corrected chi connectivity index (χ3v) is 4.30. The van der Waals surface area contributed by atoms with E-state index in [0.29, 0.717) is 22.3 Å². The third kappa shape index (κ3) is 5.62. The quantitative estimate of drug-likeness (QED) is 0.721. The zero-order valence-electron chi connectivity index (χ0n) is 13.8. The van der Waals surface area contributed by atoms with Crippen molar-refractivity contribution in [1.82, 2.24) is 5.32 Å². The lowest BCUT2D eigenvalue weighted by atomic mass is 10.1. The van der Waals surface area contributed by atoms with E-state index in [0.717, 1.165) is 12.8 Å². The molecule has 0 bridgehead atoms. The fourth-order valence-corrected chi connectivity index (χ4v) is 2.50. The molecule has 4 nitrogen and oxygen atoms in total. The van der Waals surface area contributed by atoms with E-state index in [9.17, 15) is 4.79 Å². The largest absolute Gasteiger partial charge is 0.378 e. The molecule has 0 atom stereocenters. The predicted octanol–water partition coefficient (Wildman–Crippen LogP) is 4.81. The summed E-state index contributed by atoms with van der Waals surface area (Å²) in [6, 6.07) is 13.2. The highest BCUT2D eigenvalue weighted by molar-refractivity contribution is 6.42. The highest BCUT2D eigenvalue weighted by Crippen LogP contribution is 2.24. The molecule has 0 saturated carbocycles. The molecule has 24 heavy (non-hydrogen) atoms. The van der Waals surface area contributed by atoms with Gasteiger partial charge in [-0.25, -0.2) is 4.79 Å². The Bertz CT molecular complexity index is 687. The zero-order valence-corrected chi connectivity index (χ0v) is 15.3. The number of carbonyl (C=O) groups is 1. The number of nitrogens with zero attached hydrogens (tertiary/aromatic N) is 1. The SMILES string of the molecule is CN(C)c1ccc(CCCNC(=O)Nc2ccc(Cl)c(Cl)c2)cc1. The summed E-state index contributed by atoms with van der Waals surface area (Å²) >= 11 is 11.8. The number of urea groups is 1. The van der Waals surface area contributed by atoms with Gasteiger partial charge in [-0.3, -0.25) is 0 Å². The number of anilines is 2. The van der Waals surface area contributed by atoms with E-state index in [4.69, 9.17) is 23.2 Å². The minimum Gasteiger partial charge on any atom is -0.378 e. The van der Waals surface area contributed by atoms with Crippen molar-refractivity contribution in [2.75, 3.05) is 30.9 Å². The molecule has 0 heterocycles. The summed E-state index contributed by atoms with van der Waals surface area (Å²) in [7, 11) is 4.04. The molecule has 2 aromatic rings. The number of halogens is 2. The molecular formula is C18H21Cl2N3O. The van der Waals surface area contributed by atoms with E-state index in [1.807, 2.05) is 14.1 Å². The first-order valence-electron chi connectivity index (χ1n) is 7.72. The fraction of sp³-hybridized carbons (Fsp3) is 0.278. The number of carbonyl (C=O) groups excluding carboxylic acids is 1. The van der Waals surface area contributed by atoms with E-state index in [1.54, 1.807) is 18.2 Å². The summed E-state index contributed by atoms with van der Waals surface area (Å²) in [5.74, 6) is 0. The minimum absolute atomic E-state index is 0.253. The number of nitrogens with one attached hydrogen (secondary N) is 2. The summed E-state index contributed by atoms with van der Waals surface area (Å²) in [6.45, 7) is 0.600. The molecule has 2 rings (SSSR count). The Balaban J connectivity index is 1.71. The van der Waals surface area contributed by atoms with Crippen LogP contribution in [0.2, 0.25) is 10.0 Å². The van der Waals surface area contributed by atoms with Crippen LogP contribution in [-0.2, 0) is 6.42 Å². The van der Waals surface area contributed by atoms with E-state index in [2.05, 4.69) is 39.8 Å². The van der Waals surface area contributed by atoms with Crippen molar-refractivity contribution in [3.63, 3.8) is 0 Å². The van der Waals surface area contributed by atoms with Crippen LogP contribution in [0.3, 0.4) is 0 Å². The van der Waals surface area contributed by atoms with Gasteiger partial charge in [0.1, 0.15) is 0 Å². The van der Waals surface area contributed by atoms with Crippen molar-refractivity contribution in [3.05, 3.63) is 58.1 Å². The van der Waals surface area contributed by atoms with E-state index in [-0.39, 0.29) is 6.03 Å². The lowest BCUT2D eigenvalue weighted by Crippen LogP contribution is -2.29. The molecule has 0 spiro atoms. The van der Waals surface area contributed by atoms with Gasteiger partial charge in [0.15, 0.2) is 0 Å². The second-order valence-electron chi connectivity index (χ2n) is 5.67. The van der Waals surface area contributed by atoms with Crippen LogP contribution >= 0.6 is 23.2 Å². The highest BCUT2D eigenvalue weighted by atomic mass is 35.5. The monoisotopic (exact) mass is 365 g/mol. The fourth-order valence-electron chi connectivity index (χ4n) is 2.20. The smallest absolute Gasteiger partial charge is 0.319 e. The van der Waals surface area contributed by atoms with Crippen molar-refractivity contribution in [2.24, 2.45) is 0 Å². The number of hydrogen-bond acceptors (Lipinski definition) is 2. The second kappa shape index (κ2) is 8.81. The molecule has 2 amide bonds. The van der Waals surface area contributed by atoms with Gasteiger partial charge in [0.25, 0.3) is 0 Å². The van der Waals surface area contributed by atoms with Gasteiger partial charge in [-0.15, -0.1) is 0 Å². The summed E-state index contributed by atoms with van der Waals surface area (Å²) in [5.41, 5.74) is 3.05. The lowest BCUT2D eigenvalue weighted by molar-refractivity contribution is 0.252. The Kier molecular flexibility index (Phi) is 6.76. The van der Waals surface area contributed by atoms with Crippen molar-refractivity contribution in [3.8, 4) is 0 Å². The molecular weight excluding hydrogens is 345 g/mol. The van der Waals surface area contributed by atoms with Crippen LogP contribution in [0.15, 0.2) is 42.5 Å². The van der Waals surface area contributed by atoms with E-state index in [1.165, 1.54) is 11.3 Å². The third-order valence-electron chi connectivity index (χ3n) is 3.56. The van der Waals surface area contributed by atoms with Gasteiger partial charge in [-0.05, 0) is 48.7 Å². The number of amides is 2. The molecule has 0 aliphatic carbocycles. The van der Waals surface area contributed by atoms with Crippen LogP contribution in [0, 0.1) is 0 Å². The highest BCUT2D eigenvalue weighted by Gasteiger charge is 2.04. The van der Waals surface area contributed by atoms with Gasteiger partial charge in [0.2, 0.25) is 0 Å². The number of rotatable bonds is 6. The number of hydrogen-bond donors (Lipinski definition) is 2. The normalized spacial score (nSPS) is 10.3. The lowest BCUT2D eigenvalue weighted by Gasteiger charge is -2.12. The molecule has 2 N–H and O–H groups in total. The number of aryl methyl sites for hydroxylation is 1. The van der Waals surface area contributed by atoms with Crippen LogP contribution in [0.1, 0.15) is 12.0 Å². The van der Waals surface area contributed by atoms with Crippen LogP contribution in [-0.4, -0.2) is 26.7 Å². The molecule has 0 aliphatic heterocycles. The van der Waals surface area contributed by atoms with Gasteiger partial charge in [0.05, 0.1) is 10.0 Å². The molecule has 2 aromatic carbocycles. The number of benzene rings is 2. The Hall–Kier alpha value is -1.91. The second-order valence-corrected chi connectivity index (χ2v) is 6.49. The average molecular weight is 366 g/mol. The molecule has 6 heteroatoms. The van der Waals surface area contributed by atoms with Crippen molar-refractivity contribution < 1.29 is 4.79 Å². The van der Waals surface area contributed by atoms with Gasteiger partial charge in [0, 0.05) is 32.0 Å². The molecule has 0 unspecified atom stereocenters. The van der Waals surface area contributed by atoms with E-state index >= 15 is 0 Å². The molecule has 0 aromatic heterocycles. The maximum absolute atomic E-state index is 11.8. The van der Waals surface area contributed by atoms with Crippen molar-refractivity contribution in [1.29, 1.82) is 0 Å². The zero-order chi connectivity index (χ0) is 17.5. The first kappa shape index (κ1) is 18.4.